The second-order valence-electron chi connectivity index (χ2n) is 5.77. The van der Waals surface area contributed by atoms with Crippen molar-refractivity contribution in [2.24, 2.45) is 0 Å². The van der Waals surface area contributed by atoms with E-state index in [9.17, 15) is 8.42 Å². The Labute approximate surface area is 149 Å². The molecule has 1 N–H and O–H groups in total. The Balaban J connectivity index is 1.65. The number of ether oxygens (including phenoxy) is 1. The van der Waals surface area contributed by atoms with Crippen LogP contribution in [-0.2, 0) is 21.3 Å². The van der Waals surface area contributed by atoms with Gasteiger partial charge < -0.3 is 9.30 Å². The summed E-state index contributed by atoms with van der Waals surface area (Å²) in [6.07, 6.45) is 3.75. The molecule has 132 valence electrons. The van der Waals surface area contributed by atoms with Gasteiger partial charge in [-0.3, -0.25) is 0 Å². The van der Waals surface area contributed by atoms with Crippen molar-refractivity contribution in [3.8, 4) is 0 Å². The molecule has 0 aliphatic carbocycles. The Morgan fingerprint density at radius 1 is 1.40 bits per heavy atom. The molecule has 1 aliphatic rings. The summed E-state index contributed by atoms with van der Waals surface area (Å²) in [4.78, 5) is 4.49. The molecule has 0 unspecified atom stereocenters. The van der Waals surface area contributed by atoms with Gasteiger partial charge in [0.2, 0.25) is 10.0 Å². The van der Waals surface area contributed by atoms with E-state index in [1.807, 2.05) is 17.7 Å². The number of nitrogens with zero attached hydrogens (tertiary/aromatic N) is 4. The highest BCUT2D eigenvalue weighted by Gasteiger charge is 2.36. The number of hydrogen-bond donors (Lipinski definition) is 1. The van der Waals surface area contributed by atoms with Gasteiger partial charge in [-0.05, 0) is 25.5 Å². The van der Waals surface area contributed by atoms with Crippen LogP contribution in [-0.4, -0.2) is 39.4 Å². The number of sulfonamides is 1. The molecule has 3 heterocycles. The van der Waals surface area contributed by atoms with Gasteiger partial charge in [-0.15, -0.1) is 0 Å². The number of aromatic nitrogens is 4. The maximum atomic E-state index is 12.9. The standard InChI is InChI=1S/C15H17N5O3S2/c1-2-20-8-7-16-15(20)14-11(6-9-23-14)19-25(21,22)12-5-3-4-10-13(12)18-24-17-10/h3-5,7-8,11,14,19H,2,6,9H2,1H3/t11-,14-/m0/s1. The van der Waals surface area contributed by atoms with Gasteiger partial charge in [0, 0.05) is 25.5 Å². The minimum absolute atomic E-state index is 0.142. The summed E-state index contributed by atoms with van der Waals surface area (Å²) in [5.74, 6) is 0.737. The van der Waals surface area contributed by atoms with Crippen LogP contribution in [0.2, 0.25) is 0 Å². The minimum atomic E-state index is -3.75. The van der Waals surface area contributed by atoms with E-state index in [-0.39, 0.29) is 10.9 Å². The first kappa shape index (κ1) is 16.6. The molecule has 0 saturated carbocycles. The highest BCUT2D eigenvalue weighted by atomic mass is 32.2. The summed E-state index contributed by atoms with van der Waals surface area (Å²) in [6.45, 7) is 3.24. The van der Waals surface area contributed by atoms with Crippen molar-refractivity contribution < 1.29 is 13.2 Å². The van der Waals surface area contributed by atoms with E-state index < -0.39 is 16.1 Å². The summed E-state index contributed by atoms with van der Waals surface area (Å²) in [5, 5.41) is 0. The van der Waals surface area contributed by atoms with Gasteiger partial charge in [-0.25, -0.2) is 18.1 Å². The summed E-state index contributed by atoms with van der Waals surface area (Å²) < 4.78 is 44.6. The molecule has 1 fully saturated rings. The number of nitrogens with one attached hydrogen (secondary N) is 1. The van der Waals surface area contributed by atoms with Crippen LogP contribution in [0, 0.1) is 0 Å². The summed E-state index contributed by atoms with van der Waals surface area (Å²) >= 11 is 0.999. The molecular weight excluding hydrogens is 362 g/mol. The van der Waals surface area contributed by atoms with Crippen molar-refractivity contribution in [2.45, 2.75) is 36.9 Å². The lowest BCUT2D eigenvalue weighted by Crippen LogP contribution is -2.37. The zero-order valence-corrected chi connectivity index (χ0v) is 15.1. The van der Waals surface area contributed by atoms with Crippen LogP contribution in [0.3, 0.4) is 0 Å². The van der Waals surface area contributed by atoms with Crippen LogP contribution < -0.4 is 4.72 Å². The minimum Gasteiger partial charge on any atom is -0.369 e. The number of hydrogen-bond acceptors (Lipinski definition) is 7. The zero-order valence-electron chi connectivity index (χ0n) is 13.5. The Bertz CT molecular complexity index is 997. The van der Waals surface area contributed by atoms with E-state index >= 15 is 0 Å². The fraction of sp³-hybridized carbons (Fsp3) is 0.400. The molecule has 1 aromatic carbocycles. The first-order valence-electron chi connectivity index (χ1n) is 7.96. The molecule has 1 saturated heterocycles. The van der Waals surface area contributed by atoms with E-state index in [2.05, 4.69) is 18.5 Å². The maximum absolute atomic E-state index is 12.9. The molecule has 8 nitrogen and oxygen atoms in total. The van der Waals surface area contributed by atoms with Crippen molar-refractivity contribution in [3.63, 3.8) is 0 Å². The Hall–Kier alpha value is -1.88. The second kappa shape index (κ2) is 6.45. The first-order valence-corrected chi connectivity index (χ1v) is 10.2. The third-order valence-electron chi connectivity index (χ3n) is 4.28. The molecule has 10 heteroatoms. The highest BCUT2D eigenvalue weighted by molar-refractivity contribution is 7.89. The van der Waals surface area contributed by atoms with Crippen molar-refractivity contribution >= 4 is 32.8 Å². The zero-order chi connectivity index (χ0) is 17.4. The van der Waals surface area contributed by atoms with Gasteiger partial charge in [0.1, 0.15) is 27.9 Å². The predicted octanol–water partition coefficient (Wildman–Crippen LogP) is 1.72. The Morgan fingerprint density at radius 3 is 3.12 bits per heavy atom. The van der Waals surface area contributed by atoms with Crippen molar-refractivity contribution in [3.05, 3.63) is 36.4 Å². The lowest BCUT2D eigenvalue weighted by Gasteiger charge is -2.20. The lowest BCUT2D eigenvalue weighted by molar-refractivity contribution is 0.0926. The number of rotatable bonds is 5. The highest BCUT2D eigenvalue weighted by Crippen LogP contribution is 2.30. The normalized spacial score (nSPS) is 21.2. The monoisotopic (exact) mass is 379 g/mol. The molecule has 2 aromatic heterocycles. The van der Waals surface area contributed by atoms with E-state index in [4.69, 9.17) is 4.74 Å². The molecule has 0 bridgehead atoms. The van der Waals surface area contributed by atoms with Gasteiger partial charge in [0.05, 0.1) is 17.8 Å². The summed E-state index contributed by atoms with van der Waals surface area (Å²) in [6, 6.07) is 4.59. The van der Waals surface area contributed by atoms with Gasteiger partial charge in [-0.2, -0.15) is 8.75 Å². The molecule has 0 spiro atoms. The quantitative estimate of drug-likeness (QED) is 0.725. The summed E-state index contributed by atoms with van der Waals surface area (Å²) in [5.41, 5.74) is 0.971. The van der Waals surface area contributed by atoms with Gasteiger partial charge in [0.25, 0.3) is 0 Å². The van der Waals surface area contributed by atoms with Crippen LogP contribution in [0.5, 0.6) is 0 Å². The van der Waals surface area contributed by atoms with E-state index in [0.29, 0.717) is 24.1 Å². The number of aryl methyl sites for hydroxylation is 1. The smallest absolute Gasteiger partial charge is 0.243 e. The molecule has 4 rings (SSSR count). The average Bonchev–Trinajstić information content (AvgIpc) is 3.33. The van der Waals surface area contributed by atoms with Crippen molar-refractivity contribution in [2.75, 3.05) is 6.61 Å². The lowest BCUT2D eigenvalue weighted by atomic mass is 10.1. The van der Waals surface area contributed by atoms with Crippen LogP contribution >= 0.6 is 11.7 Å². The number of imidazole rings is 1. The molecule has 3 aromatic rings. The molecular formula is C15H17N5O3S2. The Morgan fingerprint density at radius 2 is 2.28 bits per heavy atom. The predicted molar refractivity (Wildman–Crippen MR) is 92.7 cm³/mol. The van der Waals surface area contributed by atoms with Gasteiger partial charge in [-0.1, -0.05) is 6.07 Å². The fourth-order valence-corrected chi connectivity index (χ4v) is 5.11. The molecule has 0 amide bonds. The number of fused-ring (bicyclic) bond motifs is 1. The average molecular weight is 379 g/mol. The second-order valence-corrected chi connectivity index (χ2v) is 7.98. The largest absolute Gasteiger partial charge is 0.369 e. The molecule has 1 aliphatic heterocycles. The fourth-order valence-electron chi connectivity index (χ4n) is 3.07. The van der Waals surface area contributed by atoms with Crippen LogP contribution in [0.25, 0.3) is 11.0 Å². The molecule has 2 atom stereocenters. The van der Waals surface area contributed by atoms with E-state index in [1.165, 1.54) is 0 Å². The topological polar surface area (TPSA) is 99.0 Å². The van der Waals surface area contributed by atoms with Gasteiger partial charge >= 0.3 is 0 Å². The maximum Gasteiger partial charge on any atom is 0.243 e. The molecule has 0 radical (unpaired) electrons. The third-order valence-corrected chi connectivity index (χ3v) is 6.34. The Kier molecular flexibility index (Phi) is 4.28. The number of benzene rings is 1. The van der Waals surface area contributed by atoms with Crippen LogP contribution in [0.15, 0.2) is 35.5 Å². The van der Waals surface area contributed by atoms with E-state index in [1.54, 1.807) is 24.4 Å². The van der Waals surface area contributed by atoms with Crippen molar-refractivity contribution in [1.82, 2.24) is 23.0 Å². The van der Waals surface area contributed by atoms with E-state index in [0.717, 1.165) is 24.1 Å². The van der Waals surface area contributed by atoms with Crippen LogP contribution in [0.1, 0.15) is 25.3 Å². The van der Waals surface area contributed by atoms with Crippen molar-refractivity contribution in [1.29, 1.82) is 0 Å². The third kappa shape index (κ3) is 2.95. The van der Waals surface area contributed by atoms with Gasteiger partial charge in [0.15, 0.2) is 0 Å². The van der Waals surface area contributed by atoms with Crippen LogP contribution in [0.4, 0.5) is 0 Å². The molecule has 25 heavy (non-hydrogen) atoms. The first-order chi connectivity index (χ1) is 12.1. The summed E-state index contributed by atoms with van der Waals surface area (Å²) in [7, 11) is -3.75. The SMILES string of the molecule is CCn1ccnc1[C@H]1OCC[C@@H]1NS(=O)(=O)c1cccc2nsnc12.